The number of amides is 2. The van der Waals surface area contributed by atoms with Crippen LogP contribution in [0.1, 0.15) is 20.8 Å². The van der Waals surface area contributed by atoms with Crippen molar-refractivity contribution in [2.75, 3.05) is 10.6 Å². The van der Waals surface area contributed by atoms with Gasteiger partial charge in [0.05, 0.1) is 0 Å². The van der Waals surface area contributed by atoms with Gasteiger partial charge in [0.25, 0.3) is 11.8 Å². The Labute approximate surface area is 205 Å². The average molecular weight is 478 g/mol. The smallest absolute Gasteiger partial charge is 0.279 e. The molecule has 0 saturated heterocycles. The summed E-state index contributed by atoms with van der Waals surface area (Å²) >= 11 is 0. The molecule has 0 aliphatic heterocycles. The topological polar surface area (TPSA) is 97.1 Å². The van der Waals surface area contributed by atoms with E-state index < -0.39 is 11.7 Å². The van der Waals surface area contributed by atoms with E-state index in [1.807, 2.05) is 30.3 Å². The summed E-state index contributed by atoms with van der Waals surface area (Å²) in [5.74, 6) is -0.297. The van der Waals surface area contributed by atoms with E-state index in [9.17, 15) is 14.0 Å². The first-order valence-corrected chi connectivity index (χ1v) is 11.0. The highest BCUT2D eigenvalue weighted by Crippen LogP contribution is 2.31. The molecule has 2 heterocycles. The number of nitrogens with zero attached hydrogens (tertiary/aromatic N) is 2. The fourth-order valence-corrected chi connectivity index (χ4v) is 3.50. The van der Waals surface area contributed by atoms with Crippen molar-refractivity contribution in [3.05, 3.63) is 120 Å². The maximum absolute atomic E-state index is 13.1. The Morgan fingerprint density at radius 3 is 2.14 bits per heavy atom. The highest BCUT2D eigenvalue weighted by atomic mass is 19.1. The Morgan fingerprint density at radius 2 is 1.44 bits per heavy atom. The second kappa shape index (κ2) is 10.0. The molecular weight excluding hydrogens is 459 g/mol. The number of oxazole rings is 1. The van der Waals surface area contributed by atoms with E-state index in [4.69, 9.17) is 4.42 Å². The van der Waals surface area contributed by atoms with Crippen LogP contribution in [0.25, 0.3) is 22.8 Å². The molecule has 3 aromatic carbocycles. The standard InChI is InChI=1S/C28H19FN4O3/c29-21-13-9-19(10-14-21)26(34)31-22-15-11-18(12-16-22)25-24(27(35)32-23-8-4-5-17-30-23)33-28(36-25)20-6-2-1-3-7-20/h1-17H,(H,31,34)(H,30,32,35). The Morgan fingerprint density at radius 1 is 0.722 bits per heavy atom. The van der Waals surface area contributed by atoms with Gasteiger partial charge in [0.15, 0.2) is 11.5 Å². The average Bonchev–Trinajstić information content (AvgIpc) is 3.36. The highest BCUT2D eigenvalue weighted by Gasteiger charge is 2.23. The summed E-state index contributed by atoms with van der Waals surface area (Å²) in [6.45, 7) is 0. The quantitative estimate of drug-likeness (QED) is 0.310. The second-order valence-corrected chi connectivity index (χ2v) is 7.77. The molecule has 176 valence electrons. The van der Waals surface area contributed by atoms with Gasteiger partial charge < -0.3 is 15.1 Å². The molecule has 2 amide bonds. The molecule has 2 N–H and O–H groups in total. The first-order valence-electron chi connectivity index (χ1n) is 11.0. The van der Waals surface area contributed by atoms with Crippen LogP contribution in [0.4, 0.5) is 15.9 Å². The maximum Gasteiger partial charge on any atom is 0.279 e. The number of hydrogen-bond donors (Lipinski definition) is 2. The van der Waals surface area contributed by atoms with Gasteiger partial charge in [-0.15, -0.1) is 0 Å². The lowest BCUT2D eigenvalue weighted by molar-refractivity contribution is 0.101. The minimum Gasteiger partial charge on any atom is -0.435 e. The van der Waals surface area contributed by atoms with Gasteiger partial charge in [0, 0.05) is 28.6 Å². The van der Waals surface area contributed by atoms with E-state index in [2.05, 4.69) is 20.6 Å². The predicted octanol–water partition coefficient (Wildman–Crippen LogP) is 6.05. The largest absolute Gasteiger partial charge is 0.435 e. The lowest BCUT2D eigenvalue weighted by atomic mass is 10.1. The summed E-state index contributed by atoms with van der Waals surface area (Å²) in [5.41, 5.74) is 2.27. The molecule has 0 atom stereocenters. The van der Waals surface area contributed by atoms with Crippen LogP contribution < -0.4 is 10.6 Å². The van der Waals surface area contributed by atoms with Gasteiger partial charge in [-0.25, -0.2) is 14.4 Å². The molecule has 5 aromatic rings. The Balaban J connectivity index is 1.43. The number of halogens is 1. The monoisotopic (exact) mass is 478 g/mol. The zero-order valence-electron chi connectivity index (χ0n) is 18.8. The van der Waals surface area contributed by atoms with Crippen LogP contribution in [-0.2, 0) is 0 Å². The second-order valence-electron chi connectivity index (χ2n) is 7.77. The first-order chi connectivity index (χ1) is 17.6. The van der Waals surface area contributed by atoms with Crippen LogP contribution in [0.15, 0.2) is 108 Å². The summed E-state index contributed by atoms with van der Waals surface area (Å²) in [6.07, 6.45) is 1.58. The molecule has 0 saturated carbocycles. The molecule has 0 aliphatic rings. The van der Waals surface area contributed by atoms with E-state index in [0.717, 1.165) is 5.56 Å². The van der Waals surface area contributed by atoms with Gasteiger partial charge in [-0.05, 0) is 72.8 Å². The maximum atomic E-state index is 13.1. The summed E-state index contributed by atoms with van der Waals surface area (Å²) in [7, 11) is 0. The minimum atomic E-state index is -0.469. The van der Waals surface area contributed by atoms with Crippen molar-refractivity contribution in [2.45, 2.75) is 0 Å². The normalized spacial score (nSPS) is 10.6. The van der Waals surface area contributed by atoms with E-state index in [1.54, 1.807) is 48.7 Å². The molecule has 8 heteroatoms. The summed E-state index contributed by atoms with van der Waals surface area (Å²) in [4.78, 5) is 34.1. The molecular formula is C28H19FN4O3. The predicted molar refractivity (Wildman–Crippen MR) is 134 cm³/mol. The lowest BCUT2D eigenvalue weighted by Gasteiger charge is -2.07. The number of pyridine rings is 1. The van der Waals surface area contributed by atoms with Crippen molar-refractivity contribution in [3.8, 4) is 22.8 Å². The van der Waals surface area contributed by atoms with Gasteiger partial charge in [-0.2, -0.15) is 0 Å². The van der Waals surface area contributed by atoms with Gasteiger partial charge in [-0.1, -0.05) is 24.3 Å². The number of hydrogen-bond acceptors (Lipinski definition) is 5. The molecule has 0 unspecified atom stereocenters. The lowest BCUT2D eigenvalue weighted by Crippen LogP contribution is -2.14. The van der Waals surface area contributed by atoms with Crippen molar-refractivity contribution >= 4 is 23.3 Å². The SMILES string of the molecule is O=C(Nc1ccc(-c2oc(-c3ccccc3)nc2C(=O)Nc2ccccn2)cc1)c1ccc(F)cc1. The summed E-state index contributed by atoms with van der Waals surface area (Å²) in [6, 6.07) is 26.5. The van der Waals surface area contributed by atoms with Crippen LogP contribution in [0, 0.1) is 5.82 Å². The summed E-state index contributed by atoms with van der Waals surface area (Å²) < 4.78 is 19.2. The van der Waals surface area contributed by atoms with Crippen molar-refractivity contribution in [2.24, 2.45) is 0 Å². The number of anilines is 2. The van der Waals surface area contributed by atoms with E-state index in [-0.39, 0.29) is 17.4 Å². The fourth-order valence-electron chi connectivity index (χ4n) is 3.50. The molecule has 36 heavy (non-hydrogen) atoms. The molecule has 0 spiro atoms. The fraction of sp³-hybridized carbons (Fsp3) is 0. The van der Waals surface area contributed by atoms with Crippen LogP contribution >= 0.6 is 0 Å². The number of rotatable bonds is 6. The van der Waals surface area contributed by atoms with E-state index in [1.165, 1.54) is 24.3 Å². The molecule has 0 radical (unpaired) electrons. The van der Waals surface area contributed by atoms with Crippen LogP contribution in [0.2, 0.25) is 0 Å². The molecule has 0 bridgehead atoms. The molecule has 7 nitrogen and oxygen atoms in total. The zero-order chi connectivity index (χ0) is 24.9. The third-order valence-corrected chi connectivity index (χ3v) is 5.28. The van der Waals surface area contributed by atoms with Gasteiger partial charge in [0.2, 0.25) is 5.89 Å². The molecule has 0 fully saturated rings. The minimum absolute atomic E-state index is 0.0996. The molecule has 0 aliphatic carbocycles. The third kappa shape index (κ3) is 5.02. The van der Waals surface area contributed by atoms with Crippen LogP contribution in [0.3, 0.4) is 0 Å². The molecule has 5 rings (SSSR count). The number of carbonyl (C=O) groups excluding carboxylic acids is 2. The Bertz CT molecular complexity index is 1500. The van der Waals surface area contributed by atoms with Gasteiger partial charge in [-0.3, -0.25) is 9.59 Å². The van der Waals surface area contributed by atoms with Crippen molar-refractivity contribution in [1.82, 2.24) is 9.97 Å². The molecule has 2 aromatic heterocycles. The van der Waals surface area contributed by atoms with E-state index in [0.29, 0.717) is 28.5 Å². The first kappa shape index (κ1) is 22.7. The third-order valence-electron chi connectivity index (χ3n) is 5.28. The van der Waals surface area contributed by atoms with Crippen LogP contribution in [-0.4, -0.2) is 21.8 Å². The number of aromatic nitrogens is 2. The zero-order valence-corrected chi connectivity index (χ0v) is 18.8. The van der Waals surface area contributed by atoms with Gasteiger partial charge >= 0.3 is 0 Å². The van der Waals surface area contributed by atoms with Crippen LogP contribution in [0.5, 0.6) is 0 Å². The highest BCUT2D eigenvalue weighted by molar-refractivity contribution is 6.07. The van der Waals surface area contributed by atoms with Crippen molar-refractivity contribution < 1.29 is 18.4 Å². The number of carbonyl (C=O) groups is 2. The van der Waals surface area contributed by atoms with Crippen molar-refractivity contribution in [3.63, 3.8) is 0 Å². The number of benzene rings is 3. The summed E-state index contributed by atoms with van der Waals surface area (Å²) in [5, 5.41) is 5.50. The van der Waals surface area contributed by atoms with E-state index >= 15 is 0 Å². The Kier molecular flexibility index (Phi) is 6.31. The van der Waals surface area contributed by atoms with Crippen molar-refractivity contribution in [1.29, 1.82) is 0 Å². The Hall–Kier alpha value is -5.11. The number of nitrogens with one attached hydrogen (secondary N) is 2. The van der Waals surface area contributed by atoms with Gasteiger partial charge in [0.1, 0.15) is 11.6 Å².